The Bertz CT molecular complexity index is 334. The van der Waals surface area contributed by atoms with Gasteiger partial charge >= 0.3 is 0 Å². The van der Waals surface area contributed by atoms with Crippen LogP contribution in [0.2, 0.25) is 0 Å². The van der Waals surface area contributed by atoms with Crippen molar-refractivity contribution in [3.63, 3.8) is 0 Å². The van der Waals surface area contributed by atoms with Crippen molar-refractivity contribution in [2.75, 3.05) is 18.0 Å². The molecule has 0 saturated heterocycles. The summed E-state index contributed by atoms with van der Waals surface area (Å²) in [6, 6.07) is 4.04. The molecule has 1 aliphatic rings. The average Bonchev–Trinajstić information content (AvgIpc) is 2.28. The normalized spacial score (nSPS) is 15.9. The van der Waals surface area contributed by atoms with E-state index in [0.717, 1.165) is 30.4 Å². The van der Waals surface area contributed by atoms with E-state index in [1.54, 1.807) is 0 Å². The highest BCUT2D eigenvalue weighted by molar-refractivity contribution is 5.46. The molecule has 88 valence electrons. The molecule has 0 bridgehead atoms. The Hall–Kier alpha value is -1.09. The molecular weight excluding hydrogens is 198 g/mol. The zero-order valence-corrected chi connectivity index (χ0v) is 10.0. The summed E-state index contributed by atoms with van der Waals surface area (Å²) in [6.45, 7) is 4.92. The van der Waals surface area contributed by atoms with Gasteiger partial charge < -0.3 is 10.6 Å². The summed E-state index contributed by atoms with van der Waals surface area (Å²) in [5.74, 6) is 1.95. The summed E-state index contributed by atoms with van der Waals surface area (Å²) >= 11 is 0. The molecule has 0 radical (unpaired) electrons. The molecular formula is C13H21N3. The molecule has 0 aliphatic heterocycles. The number of hydrogen-bond donors (Lipinski definition) is 1. The molecule has 0 aromatic carbocycles. The van der Waals surface area contributed by atoms with E-state index in [0.29, 0.717) is 6.54 Å². The van der Waals surface area contributed by atoms with Crippen LogP contribution in [0.25, 0.3) is 0 Å². The minimum absolute atomic E-state index is 0.574. The molecule has 0 atom stereocenters. The van der Waals surface area contributed by atoms with Crippen molar-refractivity contribution in [1.82, 2.24) is 4.98 Å². The van der Waals surface area contributed by atoms with Crippen molar-refractivity contribution >= 4 is 5.82 Å². The van der Waals surface area contributed by atoms with Crippen LogP contribution in [0.4, 0.5) is 5.82 Å². The molecule has 2 rings (SSSR count). The maximum Gasteiger partial charge on any atom is 0.132 e. The van der Waals surface area contributed by atoms with E-state index < -0.39 is 0 Å². The fourth-order valence-electron chi connectivity index (χ4n) is 2.23. The molecule has 1 saturated carbocycles. The van der Waals surface area contributed by atoms with E-state index in [4.69, 9.17) is 5.73 Å². The number of anilines is 1. The SMILES string of the molecule is CCN(CC1CCC1)c1ncccc1CN. The molecule has 1 aromatic heterocycles. The van der Waals surface area contributed by atoms with Gasteiger partial charge in [-0.25, -0.2) is 4.98 Å². The quantitative estimate of drug-likeness (QED) is 0.825. The molecule has 3 heteroatoms. The van der Waals surface area contributed by atoms with Gasteiger partial charge in [0, 0.05) is 31.4 Å². The minimum atomic E-state index is 0.574. The monoisotopic (exact) mass is 219 g/mol. The van der Waals surface area contributed by atoms with Crippen molar-refractivity contribution in [3.05, 3.63) is 23.9 Å². The van der Waals surface area contributed by atoms with Gasteiger partial charge in [0.15, 0.2) is 0 Å². The summed E-state index contributed by atoms with van der Waals surface area (Å²) < 4.78 is 0. The fraction of sp³-hybridized carbons (Fsp3) is 0.615. The second-order valence-electron chi connectivity index (χ2n) is 4.53. The van der Waals surface area contributed by atoms with Crippen molar-refractivity contribution in [1.29, 1.82) is 0 Å². The van der Waals surface area contributed by atoms with Crippen LogP contribution in [-0.4, -0.2) is 18.1 Å². The van der Waals surface area contributed by atoms with Crippen molar-refractivity contribution in [2.24, 2.45) is 11.7 Å². The highest BCUT2D eigenvalue weighted by Crippen LogP contribution is 2.29. The molecule has 1 aliphatic carbocycles. The largest absolute Gasteiger partial charge is 0.356 e. The molecule has 1 heterocycles. The summed E-state index contributed by atoms with van der Waals surface area (Å²) in [5, 5.41) is 0. The van der Waals surface area contributed by atoms with Crippen LogP contribution in [0.3, 0.4) is 0 Å². The number of rotatable bonds is 5. The molecule has 2 N–H and O–H groups in total. The third-order valence-electron chi connectivity index (χ3n) is 3.47. The van der Waals surface area contributed by atoms with Gasteiger partial charge in [0.25, 0.3) is 0 Å². The zero-order chi connectivity index (χ0) is 11.4. The van der Waals surface area contributed by atoms with E-state index in [-0.39, 0.29) is 0 Å². The van der Waals surface area contributed by atoms with E-state index in [1.165, 1.54) is 19.3 Å². The minimum Gasteiger partial charge on any atom is -0.356 e. The number of hydrogen-bond acceptors (Lipinski definition) is 3. The van der Waals surface area contributed by atoms with Crippen molar-refractivity contribution in [3.8, 4) is 0 Å². The maximum absolute atomic E-state index is 5.75. The Labute approximate surface area is 97.7 Å². The molecule has 0 unspecified atom stereocenters. The van der Waals surface area contributed by atoms with Crippen LogP contribution >= 0.6 is 0 Å². The number of nitrogens with two attached hydrogens (primary N) is 1. The highest BCUT2D eigenvalue weighted by Gasteiger charge is 2.21. The van der Waals surface area contributed by atoms with Gasteiger partial charge in [-0.15, -0.1) is 0 Å². The summed E-state index contributed by atoms with van der Waals surface area (Å²) in [4.78, 5) is 6.85. The van der Waals surface area contributed by atoms with Gasteiger partial charge in [0.1, 0.15) is 5.82 Å². The summed E-state index contributed by atoms with van der Waals surface area (Å²) in [6.07, 6.45) is 6.01. The predicted molar refractivity (Wildman–Crippen MR) is 67.4 cm³/mol. The Morgan fingerprint density at radius 2 is 2.31 bits per heavy atom. The Morgan fingerprint density at radius 3 is 2.88 bits per heavy atom. The second-order valence-corrected chi connectivity index (χ2v) is 4.53. The predicted octanol–water partition coefficient (Wildman–Crippen LogP) is 2.17. The van der Waals surface area contributed by atoms with Gasteiger partial charge in [-0.3, -0.25) is 0 Å². The highest BCUT2D eigenvalue weighted by atomic mass is 15.2. The van der Waals surface area contributed by atoms with Gasteiger partial charge in [-0.1, -0.05) is 12.5 Å². The van der Waals surface area contributed by atoms with E-state index >= 15 is 0 Å². The van der Waals surface area contributed by atoms with Crippen LogP contribution in [0.1, 0.15) is 31.7 Å². The standard InChI is InChI=1S/C13H21N3/c1-2-16(10-11-5-3-6-11)13-12(9-14)7-4-8-15-13/h4,7-8,11H,2-3,5-6,9-10,14H2,1H3. The molecule has 1 aromatic rings. The van der Waals surface area contributed by atoms with Crippen LogP contribution in [0.5, 0.6) is 0 Å². The molecule has 0 spiro atoms. The average molecular weight is 219 g/mol. The first-order valence-corrected chi connectivity index (χ1v) is 6.24. The molecule has 16 heavy (non-hydrogen) atoms. The second kappa shape index (κ2) is 5.30. The third-order valence-corrected chi connectivity index (χ3v) is 3.47. The van der Waals surface area contributed by atoms with Gasteiger partial charge in [0.2, 0.25) is 0 Å². The van der Waals surface area contributed by atoms with Crippen LogP contribution in [0.15, 0.2) is 18.3 Å². The molecule has 1 fully saturated rings. The number of nitrogens with zero attached hydrogens (tertiary/aromatic N) is 2. The van der Waals surface area contributed by atoms with Gasteiger partial charge in [-0.2, -0.15) is 0 Å². The molecule has 3 nitrogen and oxygen atoms in total. The van der Waals surface area contributed by atoms with Crippen LogP contribution in [-0.2, 0) is 6.54 Å². The van der Waals surface area contributed by atoms with Crippen molar-refractivity contribution < 1.29 is 0 Å². The topological polar surface area (TPSA) is 42.2 Å². The lowest BCUT2D eigenvalue weighted by Gasteiger charge is -2.33. The third kappa shape index (κ3) is 2.35. The first-order valence-electron chi connectivity index (χ1n) is 6.24. The van der Waals surface area contributed by atoms with E-state index in [2.05, 4.69) is 22.9 Å². The summed E-state index contributed by atoms with van der Waals surface area (Å²) in [7, 11) is 0. The number of pyridine rings is 1. The number of aromatic nitrogens is 1. The van der Waals surface area contributed by atoms with Crippen LogP contribution < -0.4 is 10.6 Å². The van der Waals surface area contributed by atoms with Crippen LogP contribution in [0, 0.1) is 5.92 Å². The lowest BCUT2D eigenvalue weighted by molar-refractivity contribution is 0.318. The lowest BCUT2D eigenvalue weighted by Crippen LogP contribution is -2.33. The first-order chi connectivity index (χ1) is 7.85. The van der Waals surface area contributed by atoms with E-state index in [9.17, 15) is 0 Å². The van der Waals surface area contributed by atoms with Crippen molar-refractivity contribution in [2.45, 2.75) is 32.7 Å². The smallest absolute Gasteiger partial charge is 0.132 e. The summed E-state index contributed by atoms with van der Waals surface area (Å²) in [5.41, 5.74) is 6.91. The Kier molecular flexibility index (Phi) is 3.78. The molecule has 0 amide bonds. The first kappa shape index (κ1) is 11.4. The Balaban J connectivity index is 2.11. The van der Waals surface area contributed by atoms with E-state index in [1.807, 2.05) is 12.3 Å². The zero-order valence-electron chi connectivity index (χ0n) is 10.0. The Morgan fingerprint density at radius 1 is 1.50 bits per heavy atom. The fourth-order valence-corrected chi connectivity index (χ4v) is 2.23. The van der Waals surface area contributed by atoms with Gasteiger partial charge in [0.05, 0.1) is 0 Å². The van der Waals surface area contributed by atoms with Gasteiger partial charge in [-0.05, 0) is 31.7 Å². The lowest BCUT2D eigenvalue weighted by atomic mass is 9.85. The maximum atomic E-state index is 5.75.